The second kappa shape index (κ2) is 7.75. The zero-order valence-electron chi connectivity index (χ0n) is 14.2. The molecule has 0 amide bonds. The molecule has 2 aromatic rings. The SMILES string of the molecule is CCc1ccc(CN2CCC(CN(C)Cc3cccnc3)C2)o1. The molecule has 0 N–H and O–H groups in total. The number of pyridine rings is 1. The smallest absolute Gasteiger partial charge is 0.118 e. The van der Waals surface area contributed by atoms with Gasteiger partial charge in [0.2, 0.25) is 0 Å². The number of furan rings is 1. The Morgan fingerprint density at radius 2 is 2.17 bits per heavy atom. The fourth-order valence-electron chi connectivity index (χ4n) is 3.43. The normalized spacial score (nSPS) is 18.8. The van der Waals surface area contributed by atoms with E-state index >= 15 is 0 Å². The molecule has 0 bridgehead atoms. The molecular formula is C19H27N3O. The lowest BCUT2D eigenvalue weighted by Crippen LogP contribution is -2.28. The number of rotatable bonds is 7. The van der Waals surface area contributed by atoms with E-state index in [1.165, 1.54) is 25.1 Å². The molecule has 1 aliphatic rings. The molecule has 1 unspecified atom stereocenters. The van der Waals surface area contributed by atoms with E-state index in [1.54, 1.807) is 0 Å². The van der Waals surface area contributed by atoms with Crippen molar-refractivity contribution in [2.24, 2.45) is 5.92 Å². The zero-order chi connectivity index (χ0) is 16.1. The Hall–Kier alpha value is -1.65. The summed E-state index contributed by atoms with van der Waals surface area (Å²) in [6, 6.07) is 8.38. The van der Waals surface area contributed by atoms with Crippen LogP contribution in [0.1, 0.15) is 30.4 Å². The number of hydrogen-bond donors (Lipinski definition) is 0. The van der Waals surface area contributed by atoms with Crippen LogP contribution in [0.25, 0.3) is 0 Å². The molecular weight excluding hydrogens is 286 g/mol. The maximum atomic E-state index is 5.83. The van der Waals surface area contributed by atoms with Crippen LogP contribution in [0, 0.1) is 5.92 Å². The van der Waals surface area contributed by atoms with Crippen molar-refractivity contribution in [2.75, 3.05) is 26.7 Å². The highest BCUT2D eigenvalue weighted by atomic mass is 16.3. The average molecular weight is 313 g/mol. The molecule has 1 atom stereocenters. The highest BCUT2D eigenvalue weighted by Gasteiger charge is 2.24. The van der Waals surface area contributed by atoms with Crippen molar-refractivity contribution in [1.82, 2.24) is 14.8 Å². The van der Waals surface area contributed by atoms with E-state index in [9.17, 15) is 0 Å². The molecule has 1 fully saturated rings. The first-order valence-electron chi connectivity index (χ1n) is 8.60. The summed E-state index contributed by atoms with van der Waals surface area (Å²) in [5, 5.41) is 0. The summed E-state index contributed by atoms with van der Waals surface area (Å²) in [6.45, 7) is 7.54. The maximum Gasteiger partial charge on any atom is 0.118 e. The van der Waals surface area contributed by atoms with Crippen LogP contribution in [0.2, 0.25) is 0 Å². The van der Waals surface area contributed by atoms with E-state index in [2.05, 4.69) is 47.0 Å². The molecule has 4 heteroatoms. The standard InChI is InChI=1S/C19H27N3O/c1-3-18-6-7-19(23-18)15-22-10-8-17(14-22)13-21(2)12-16-5-4-9-20-11-16/h4-7,9,11,17H,3,8,10,12-15H2,1-2H3. The molecule has 0 radical (unpaired) electrons. The van der Waals surface area contributed by atoms with Crippen molar-refractivity contribution in [1.29, 1.82) is 0 Å². The van der Waals surface area contributed by atoms with Gasteiger partial charge >= 0.3 is 0 Å². The van der Waals surface area contributed by atoms with E-state index in [0.717, 1.165) is 43.5 Å². The van der Waals surface area contributed by atoms with Crippen LogP contribution in [0.4, 0.5) is 0 Å². The van der Waals surface area contributed by atoms with Crippen molar-refractivity contribution in [3.8, 4) is 0 Å². The van der Waals surface area contributed by atoms with Gasteiger partial charge in [-0.1, -0.05) is 13.0 Å². The lowest BCUT2D eigenvalue weighted by molar-refractivity contribution is 0.245. The van der Waals surface area contributed by atoms with E-state index < -0.39 is 0 Å². The second-order valence-electron chi connectivity index (χ2n) is 6.67. The van der Waals surface area contributed by atoms with Gasteiger partial charge in [-0.05, 0) is 49.7 Å². The molecule has 23 heavy (non-hydrogen) atoms. The van der Waals surface area contributed by atoms with Gasteiger partial charge < -0.3 is 9.32 Å². The molecule has 0 spiro atoms. The van der Waals surface area contributed by atoms with Gasteiger partial charge in [0.1, 0.15) is 11.5 Å². The van der Waals surface area contributed by atoms with Crippen molar-refractivity contribution in [3.63, 3.8) is 0 Å². The van der Waals surface area contributed by atoms with E-state index in [1.807, 2.05) is 18.5 Å². The van der Waals surface area contributed by atoms with Gasteiger partial charge in [-0.2, -0.15) is 0 Å². The summed E-state index contributed by atoms with van der Waals surface area (Å²) in [5.74, 6) is 2.94. The van der Waals surface area contributed by atoms with Gasteiger partial charge in [-0.15, -0.1) is 0 Å². The lowest BCUT2D eigenvalue weighted by atomic mass is 10.1. The minimum Gasteiger partial charge on any atom is -0.465 e. The maximum absolute atomic E-state index is 5.83. The molecule has 3 heterocycles. The molecule has 0 aromatic carbocycles. The number of aromatic nitrogens is 1. The fraction of sp³-hybridized carbons (Fsp3) is 0.526. The summed E-state index contributed by atoms with van der Waals surface area (Å²) in [5.41, 5.74) is 1.28. The van der Waals surface area contributed by atoms with Crippen LogP contribution in [0.15, 0.2) is 41.1 Å². The van der Waals surface area contributed by atoms with E-state index in [4.69, 9.17) is 4.42 Å². The van der Waals surface area contributed by atoms with Crippen LogP contribution in [0.3, 0.4) is 0 Å². The van der Waals surface area contributed by atoms with Gasteiger partial charge in [-0.3, -0.25) is 9.88 Å². The summed E-state index contributed by atoms with van der Waals surface area (Å²) < 4.78 is 5.83. The lowest BCUT2D eigenvalue weighted by Gasteiger charge is -2.21. The monoisotopic (exact) mass is 313 g/mol. The van der Waals surface area contributed by atoms with Crippen LogP contribution in [-0.2, 0) is 19.5 Å². The van der Waals surface area contributed by atoms with Gasteiger partial charge in [0.25, 0.3) is 0 Å². The molecule has 3 rings (SSSR count). The Balaban J connectivity index is 1.44. The summed E-state index contributed by atoms with van der Waals surface area (Å²) in [7, 11) is 2.20. The van der Waals surface area contributed by atoms with E-state index in [-0.39, 0.29) is 0 Å². The number of hydrogen-bond acceptors (Lipinski definition) is 4. The molecule has 0 aliphatic carbocycles. The largest absolute Gasteiger partial charge is 0.465 e. The molecule has 124 valence electrons. The Morgan fingerprint density at radius 3 is 2.91 bits per heavy atom. The van der Waals surface area contributed by atoms with Gasteiger partial charge in [0.15, 0.2) is 0 Å². The van der Waals surface area contributed by atoms with Crippen molar-refractivity contribution < 1.29 is 4.42 Å². The van der Waals surface area contributed by atoms with Gasteiger partial charge in [0, 0.05) is 38.4 Å². The van der Waals surface area contributed by atoms with Crippen molar-refractivity contribution in [3.05, 3.63) is 53.7 Å². The first-order valence-corrected chi connectivity index (χ1v) is 8.60. The third-order valence-electron chi connectivity index (χ3n) is 4.56. The minimum absolute atomic E-state index is 0.747. The van der Waals surface area contributed by atoms with Crippen molar-refractivity contribution in [2.45, 2.75) is 32.9 Å². The Bertz CT molecular complexity index is 596. The topological polar surface area (TPSA) is 32.5 Å². The predicted molar refractivity (Wildman–Crippen MR) is 92.0 cm³/mol. The predicted octanol–water partition coefficient (Wildman–Crippen LogP) is 3.19. The average Bonchev–Trinajstić information content (AvgIpc) is 3.18. The van der Waals surface area contributed by atoms with Crippen LogP contribution >= 0.6 is 0 Å². The zero-order valence-corrected chi connectivity index (χ0v) is 14.2. The third kappa shape index (κ3) is 4.66. The van der Waals surface area contributed by atoms with Crippen LogP contribution < -0.4 is 0 Å². The number of aryl methyl sites for hydroxylation is 1. The van der Waals surface area contributed by atoms with E-state index in [0.29, 0.717) is 0 Å². The molecule has 1 saturated heterocycles. The Morgan fingerprint density at radius 1 is 1.30 bits per heavy atom. The highest BCUT2D eigenvalue weighted by molar-refractivity contribution is 5.08. The minimum atomic E-state index is 0.747. The number of nitrogens with zero attached hydrogens (tertiary/aromatic N) is 3. The van der Waals surface area contributed by atoms with Crippen LogP contribution in [0.5, 0.6) is 0 Å². The molecule has 2 aromatic heterocycles. The second-order valence-corrected chi connectivity index (χ2v) is 6.67. The third-order valence-corrected chi connectivity index (χ3v) is 4.56. The highest BCUT2D eigenvalue weighted by Crippen LogP contribution is 2.21. The number of likely N-dealkylation sites (tertiary alicyclic amines) is 1. The van der Waals surface area contributed by atoms with Gasteiger partial charge in [0.05, 0.1) is 6.54 Å². The molecule has 1 aliphatic heterocycles. The summed E-state index contributed by atoms with van der Waals surface area (Å²) in [6.07, 6.45) is 6.04. The molecule has 0 saturated carbocycles. The summed E-state index contributed by atoms with van der Waals surface area (Å²) in [4.78, 5) is 9.12. The quantitative estimate of drug-likeness (QED) is 0.786. The first kappa shape index (κ1) is 16.2. The Labute approximate surface area is 139 Å². The van der Waals surface area contributed by atoms with Crippen molar-refractivity contribution >= 4 is 0 Å². The first-order chi connectivity index (χ1) is 11.2. The molecule has 4 nitrogen and oxygen atoms in total. The summed E-state index contributed by atoms with van der Waals surface area (Å²) >= 11 is 0. The Kier molecular flexibility index (Phi) is 5.47. The van der Waals surface area contributed by atoms with Gasteiger partial charge in [-0.25, -0.2) is 0 Å². The fourth-order valence-corrected chi connectivity index (χ4v) is 3.43. The van der Waals surface area contributed by atoms with Crippen LogP contribution in [-0.4, -0.2) is 41.5 Å².